The van der Waals surface area contributed by atoms with E-state index in [9.17, 15) is 0 Å². The molecule has 2 atom stereocenters. The van der Waals surface area contributed by atoms with Crippen molar-refractivity contribution in [2.45, 2.75) is 65.8 Å². The molecule has 0 aliphatic rings. The third-order valence-electron chi connectivity index (χ3n) is 3.02. The number of hydrogen-bond acceptors (Lipinski definition) is 5. The fourth-order valence-electron chi connectivity index (χ4n) is 1.82. The topological polar surface area (TPSA) is 46.2 Å². The van der Waals surface area contributed by atoms with Crippen LogP contribution in [-0.2, 0) is 23.7 Å². The van der Waals surface area contributed by atoms with E-state index in [4.69, 9.17) is 23.7 Å². The standard InChI is InChI=1S/C17H36O5/c1-5-9-11-21-16(14-18-10-6-2)15-19-12-13-22-17(7-3)20-8-4/h16-17H,5-15H2,1-4H3. The molecular formula is C17H36O5. The Bertz CT molecular complexity index is 203. The Morgan fingerprint density at radius 3 is 2.00 bits per heavy atom. The van der Waals surface area contributed by atoms with E-state index in [0.717, 1.165) is 38.9 Å². The van der Waals surface area contributed by atoms with Gasteiger partial charge in [-0.1, -0.05) is 27.2 Å². The van der Waals surface area contributed by atoms with Gasteiger partial charge in [-0.05, 0) is 26.2 Å². The van der Waals surface area contributed by atoms with Crippen molar-refractivity contribution in [1.29, 1.82) is 0 Å². The maximum absolute atomic E-state index is 5.80. The van der Waals surface area contributed by atoms with Crippen molar-refractivity contribution < 1.29 is 23.7 Å². The Kier molecular flexibility index (Phi) is 17.0. The molecule has 0 aliphatic heterocycles. The lowest BCUT2D eigenvalue weighted by Crippen LogP contribution is -2.27. The highest BCUT2D eigenvalue weighted by molar-refractivity contribution is 4.56. The summed E-state index contributed by atoms with van der Waals surface area (Å²) in [5.41, 5.74) is 0. The average Bonchev–Trinajstić information content (AvgIpc) is 2.53. The number of rotatable bonds is 17. The van der Waals surface area contributed by atoms with Crippen molar-refractivity contribution in [2.24, 2.45) is 0 Å². The van der Waals surface area contributed by atoms with Gasteiger partial charge in [0.1, 0.15) is 6.10 Å². The van der Waals surface area contributed by atoms with Gasteiger partial charge in [0.15, 0.2) is 6.29 Å². The van der Waals surface area contributed by atoms with Crippen LogP contribution in [0.2, 0.25) is 0 Å². The molecule has 0 spiro atoms. The van der Waals surface area contributed by atoms with Crippen LogP contribution in [0.25, 0.3) is 0 Å². The zero-order valence-electron chi connectivity index (χ0n) is 15.0. The van der Waals surface area contributed by atoms with Crippen LogP contribution in [0.3, 0.4) is 0 Å². The molecule has 0 radical (unpaired) electrons. The third kappa shape index (κ3) is 13.5. The predicted molar refractivity (Wildman–Crippen MR) is 88.2 cm³/mol. The Labute approximate surface area is 136 Å². The lowest BCUT2D eigenvalue weighted by Gasteiger charge is -2.19. The second-order valence-corrected chi connectivity index (χ2v) is 5.16. The van der Waals surface area contributed by atoms with Gasteiger partial charge < -0.3 is 23.7 Å². The molecule has 0 amide bonds. The molecule has 0 aromatic carbocycles. The second kappa shape index (κ2) is 17.2. The first kappa shape index (κ1) is 21.8. The number of hydrogen-bond donors (Lipinski definition) is 0. The fourth-order valence-corrected chi connectivity index (χ4v) is 1.82. The van der Waals surface area contributed by atoms with E-state index in [-0.39, 0.29) is 12.4 Å². The van der Waals surface area contributed by atoms with Gasteiger partial charge in [0.2, 0.25) is 0 Å². The minimum absolute atomic E-state index is 0.00645. The van der Waals surface area contributed by atoms with E-state index in [1.54, 1.807) is 0 Å². The predicted octanol–water partition coefficient (Wildman–Crippen LogP) is 3.40. The molecular weight excluding hydrogens is 284 g/mol. The monoisotopic (exact) mass is 320 g/mol. The maximum atomic E-state index is 5.80. The quantitative estimate of drug-likeness (QED) is 0.304. The molecule has 0 saturated heterocycles. The van der Waals surface area contributed by atoms with Crippen molar-refractivity contribution in [1.82, 2.24) is 0 Å². The molecule has 0 aromatic heterocycles. The van der Waals surface area contributed by atoms with E-state index in [2.05, 4.69) is 13.8 Å². The molecule has 22 heavy (non-hydrogen) atoms. The van der Waals surface area contributed by atoms with Crippen molar-refractivity contribution in [3.05, 3.63) is 0 Å². The molecule has 0 N–H and O–H groups in total. The van der Waals surface area contributed by atoms with Gasteiger partial charge in [0.25, 0.3) is 0 Å². The summed E-state index contributed by atoms with van der Waals surface area (Å²) in [4.78, 5) is 0. The van der Waals surface area contributed by atoms with Gasteiger partial charge >= 0.3 is 0 Å². The summed E-state index contributed by atoms with van der Waals surface area (Å²) in [6.45, 7) is 12.7. The maximum Gasteiger partial charge on any atom is 0.157 e. The smallest absolute Gasteiger partial charge is 0.157 e. The zero-order valence-corrected chi connectivity index (χ0v) is 15.0. The summed E-state index contributed by atoms with van der Waals surface area (Å²) < 4.78 is 28.0. The molecule has 0 aliphatic carbocycles. The molecule has 0 aromatic rings. The van der Waals surface area contributed by atoms with Gasteiger partial charge in [0.05, 0.1) is 26.4 Å². The van der Waals surface area contributed by atoms with Crippen molar-refractivity contribution in [3.63, 3.8) is 0 Å². The minimum Gasteiger partial charge on any atom is -0.379 e. The molecule has 134 valence electrons. The lowest BCUT2D eigenvalue weighted by atomic mass is 10.3. The summed E-state index contributed by atoms with van der Waals surface area (Å²) >= 11 is 0. The number of unbranched alkanes of at least 4 members (excludes halogenated alkanes) is 1. The van der Waals surface area contributed by atoms with Crippen LogP contribution in [-0.4, -0.2) is 58.6 Å². The fraction of sp³-hybridized carbons (Fsp3) is 1.00. The summed E-state index contributed by atoms with van der Waals surface area (Å²) in [5, 5.41) is 0. The van der Waals surface area contributed by atoms with Crippen LogP contribution in [0.4, 0.5) is 0 Å². The molecule has 0 rings (SSSR count). The van der Waals surface area contributed by atoms with Crippen LogP contribution in [0.1, 0.15) is 53.4 Å². The Morgan fingerprint density at radius 2 is 1.41 bits per heavy atom. The van der Waals surface area contributed by atoms with Gasteiger partial charge in [-0.25, -0.2) is 0 Å². The first-order valence-corrected chi connectivity index (χ1v) is 8.78. The Morgan fingerprint density at radius 1 is 0.682 bits per heavy atom. The van der Waals surface area contributed by atoms with Crippen LogP contribution in [0.5, 0.6) is 0 Å². The largest absolute Gasteiger partial charge is 0.379 e. The number of ether oxygens (including phenoxy) is 5. The van der Waals surface area contributed by atoms with Crippen LogP contribution in [0.15, 0.2) is 0 Å². The van der Waals surface area contributed by atoms with Crippen molar-refractivity contribution in [2.75, 3.05) is 46.2 Å². The van der Waals surface area contributed by atoms with E-state index in [0.29, 0.717) is 33.0 Å². The highest BCUT2D eigenvalue weighted by Gasteiger charge is 2.10. The van der Waals surface area contributed by atoms with Gasteiger partial charge in [-0.3, -0.25) is 0 Å². The highest BCUT2D eigenvalue weighted by Crippen LogP contribution is 2.02. The minimum atomic E-state index is -0.127. The second-order valence-electron chi connectivity index (χ2n) is 5.16. The lowest BCUT2D eigenvalue weighted by molar-refractivity contribution is -0.152. The van der Waals surface area contributed by atoms with E-state index < -0.39 is 0 Å². The molecule has 5 heteroatoms. The summed E-state index contributed by atoms with van der Waals surface area (Å²) in [6.07, 6.45) is 3.95. The summed E-state index contributed by atoms with van der Waals surface area (Å²) in [6, 6.07) is 0. The van der Waals surface area contributed by atoms with Gasteiger partial charge in [0, 0.05) is 19.8 Å². The molecule has 0 saturated carbocycles. The van der Waals surface area contributed by atoms with Crippen molar-refractivity contribution in [3.8, 4) is 0 Å². The molecule has 5 nitrogen and oxygen atoms in total. The molecule has 0 heterocycles. The van der Waals surface area contributed by atoms with Gasteiger partial charge in [-0.2, -0.15) is 0 Å². The average molecular weight is 320 g/mol. The van der Waals surface area contributed by atoms with E-state index >= 15 is 0 Å². The normalized spacial score (nSPS) is 14.2. The Hall–Kier alpha value is -0.200. The zero-order chi connectivity index (χ0) is 16.5. The van der Waals surface area contributed by atoms with Crippen LogP contribution < -0.4 is 0 Å². The molecule has 0 bridgehead atoms. The SMILES string of the molecule is CCCCOC(COCCC)COCCOC(CC)OCC. The first-order chi connectivity index (χ1) is 10.8. The van der Waals surface area contributed by atoms with Crippen LogP contribution >= 0.6 is 0 Å². The van der Waals surface area contributed by atoms with E-state index in [1.165, 1.54) is 0 Å². The summed E-state index contributed by atoms with van der Waals surface area (Å²) in [5.74, 6) is 0. The van der Waals surface area contributed by atoms with E-state index in [1.807, 2.05) is 13.8 Å². The van der Waals surface area contributed by atoms with Crippen LogP contribution in [0, 0.1) is 0 Å². The van der Waals surface area contributed by atoms with Crippen molar-refractivity contribution >= 4 is 0 Å². The molecule has 0 fully saturated rings. The van der Waals surface area contributed by atoms with Gasteiger partial charge in [-0.15, -0.1) is 0 Å². The molecule has 2 unspecified atom stereocenters. The Balaban J connectivity index is 3.75. The third-order valence-corrected chi connectivity index (χ3v) is 3.02. The first-order valence-electron chi connectivity index (χ1n) is 8.78. The highest BCUT2D eigenvalue weighted by atomic mass is 16.7. The summed E-state index contributed by atoms with van der Waals surface area (Å²) in [7, 11) is 0.